The van der Waals surface area contributed by atoms with Crippen molar-refractivity contribution in [2.75, 3.05) is 6.54 Å². The number of aromatic amines is 1. The lowest BCUT2D eigenvalue weighted by molar-refractivity contribution is -0.142. The van der Waals surface area contributed by atoms with Crippen molar-refractivity contribution in [1.29, 1.82) is 0 Å². The number of nitrogens with two attached hydrogens (primary N) is 1. The summed E-state index contributed by atoms with van der Waals surface area (Å²) in [6.45, 7) is 4.15. The summed E-state index contributed by atoms with van der Waals surface area (Å²) in [7, 11) is 0. The zero-order valence-electron chi connectivity index (χ0n) is 18.6. The number of aromatic nitrogens is 2. The summed E-state index contributed by atoms with van der Waals surface area (Å²) in [5.74, 6) is -4.39. The molecule has 0 aliphatic carbocycles. The van der Waals surface area contributed by atoms with Crippen LogP contribution in [0.5, 0.6) is 0 Å². The first-order chi connectivity index (χ1) is 15.6. The van der Waals surface area contributed by atoms with Crippen LogP contribution in [-0.4, -0.2) is 75.4 Å². The zero-order chi connectivity index (χ0) is 24.5. The summed E-state index contributed by atoms with van der Waals surface area (Å²) < 4.78 is 0. The van der Waals surface area contributed by atoms with E-state index in [1.54, 1.807) is 13.8 Å². The Morgan fingerprint density at radius 2 is 1.85 bits per heavy atom. The van der Waals surface area contributed by atoms with Crippen molar-refractivity contribution < 1.29 is 29.1 Å². The molecule has 13 heteroatoms. The molecule has 4 atom stereocenters. The van der Waals surface area contributed by atoms with E-state index in [1.165, 1.54) is 12.5 Å². The first kappa shape index (κ1) is 25.8. The van der Waals surface area contributed by atoms with Crippen molar-refractivity contribution in [3.63, 3.8) is 0 Å². The molecular weight excluding hydrogens is 434 g/mol. The van der Waals surface area contributed by atoms with Crippen LogP contribution in [-0.2, 0) is 30.4 Å². The third-order valence-electron chi connectivity index (χ3n) is 5.26. The smallest absolute Gasteiger partial charge is 0.326 e. The minimum Gasteiger partial charge on any atom is -0.480 e. The summed E-state index contributed by atoms with van der Waals surface area (Å²) in [4.78, 5) is 67.8. The van der Waals surface area contributed by atoms with Gasteiger partial charge in [-0.15, -0.1) is 0 Å². The van der Waals surface area contributed by atoms with Crippen LogP contribution in [0.2, 0.25) is 0 Å². The fourth-order valence-electron chi connectivity index (χ4n) is 3.46. The molecule has 1 saturated heterocycles. The highest BCUT2D eigenvalue weighted by molar-refractivity contribution is 5.96. The molecule has 182 valence electrons. The van der Waals surface area contributed by atoms with Crippen LogP contribution in [0.15, 0.2) is 12.5 Å². The van der Waals surface area contributed by atoms with Crippen LogP contribution < -0.4 is 27.0 Å². The number of carboxylic acids is 1. The van der Waals surface area contributed by atoms with Gasteiger partial charge in [0, 0.05) is 18.3 Å². The number of aliphatic carboxylic acids is 1. The number of hydrogen-bond donors (Lipinski definition) is 7. The van der Waals surface area contributed by atoms with E-state index < -0.39 is 54.3 Å². The number of primary amides is 1. The Labute approximate surface area is 190 Å². The molecular formula is C20H31N7O6. The Morgan fingerprint density at radius 3 is 2.36 bits per heavy atom. The first-order valence-corrected chi connectivity index (χ1v) is 10.7. The molecule has 1 aromatic rings. The summed E-state index contributed by atoms with van der Waals surface area (Å²) in [5.41, 5.74) is 5.70. The first-order valence-electron chi connectivity index (χ1n) is 10.7. The molecule has 0 radical (unpaired) electrons. The lowest BCUT2D eigenvalue weighted by Gasteiger charge is -2.26. The molecule has 1 aliphatic heterocycles. The van der Waals surface area contributed by atoms with Gasteiger partial charge in [0.1, 0.15) is 18.1 Å². The molecule has 0 spiro atoms. The lowest BCUT2D eigenvalue weighted by Crippen LogP contribution is -2.59. The summed E-state index contributed by atoms with van der Waals surface area (Å²) in [6, 6.07) is -4.12. The number of carbonyl (C=O) groups is 5. The highest BCUT2D eigenvalue weighted by atomic mass is 16.4. The van der Waals surface area contributed by atoms with E-state index in [-0.39, 0.29) is 18.2 Å². The normalized spacial score (nSPS) is 18.2. The van der Waals surface area contributed by atoms with Gasteiger partial charge in [0.05, 0.1) is 18.8 Å². The van der Waals surface area contributed by atoms with Crippen molar-refractivity contribution in [2.45, 2.75) is 63.7 Å². The molecule has 8 N–H and O–H groups in total. The minimum atomic E-state index is -1.42. The van der Waals surface area contributed by atoms with Crippen molar-refractivity contribution in [3.05, 3.63) is 18.2 Å². The standard InChI is InChI=1S/C20H31N7O6/c1-10(2)16(27-17(29)12-4-3-5-23-12)19(31)25-13(7-15(21)28)18(30)26-14(20(32)33)6-11-8-22-9-24-11/h8-10,12-14,16,23H,3-7H2,1-2H3,(H2,21,28)(H,22,24)(H,25,31)(H,26,30)(H,27,29)(H,32,33). The third kappa shape index (κ3) is 7.86. The number of H-pyrrole nitrogens is 1. The molecule has 0 aromatic carbocycles. The zero-order valence-corrected chi connectivity index (χ0v) is 18.6. The van der Waals surface area contributed by atoms with Gasteiger partial charge in [-0.25, -0.2) is 9.78 Å². The third-order valence-corrected chi connectivity index (χ3v) is 5.26. The van der Waals surface area contributed by atoms with Crippen molar-refractivity contribution in [3.8, 4) is 0 Å². The van der Waals surface area contributed by atoms with E-state index in [9.17, 15) is 29.1 Å². The second-order valence-electron chi connectivity index (χ2n) is 8.29. The Kier molecular flexibility index (Phi) is 9.33. The predicted octanol–water partition coefficient (Wildman–Crippen LogP) is -2.23. The fourth-order valence-corrected chi connectivity index (χ4v) is 3.46. The molecule has 2 rings (SSSR count). The van der Waals surface area contributed by atoms with E-state index in [0.717, 1.165) is 6.42 Å². The monoisotopic (exact) mass is 465 g/mol. The van der Waals surface area contributed by atoms with Crippen LogP contribution in [0.25, 0.3) is 0 Å². The van der Waals surface area contributed by atoms with Gasteiger partial charge in [-0.1, -0.05) is 13.8 Å². The largest absolute Gasteiger partial charge is 0.480 e. The second-order valence-corrected chi connectivity index (χ2v) is 8.29. The van der Waals surface area contributed by atoms with Crippen LogP contribution in [0, 0.1) is 5.92 Å². The Morgan fingerprint density at radius 1 is 1.15 bits per heavy atom. The maximum absolute atomic E-state index is 12.9. The molecule has 33 heavy (non-hydrogen) atoms. The van der Waals surface area contributed by atoms with Gasteiger partial charge in [-0.3, -0.25) is 19.2 Å². The molecule has 4 unspecified atom stereocenters. The maximum Gasteiger partial charge on any atom is 0.326 e. The van der Waals surface area contributed by atoms with Crippen molar-refractivity contribution in [1.82, 2.24) is 31.2 Å². The van der Waals surface area contributed by atoms with Crippen molar-refractivity contribution in [2.24, 2.45) is 11.7 Å². The molecule has 2 heterocycles. The van der Waals surface area contributed by atoms with E-state index >= 15 is 0 Å². The fraction of sp³-hybridized carbons (Fsp3) is 0.600. The number of nitrogens with one attached hydrogen (secondary N) is 5. The summed E-state index contributed by atoms with van der Waals surface area (Å²) >= 11 is 0. The Balaban J connectivity index is 2.08. The van der Waals surface area contributed by atoms with Crippen molar-refractivity contribution >= 4 is 29.6 Å². The Hall–Kier alpha value is -3.48. The second kappa shape index (κ2) is 11.9. The number of carboxylic acid groups (broad SMARTS) is 1. The lowest BCUT2D eigenvalue weighted by atomic mass is 10.0. The molecule has 4 amide bonds. The van der Waals surface area contributed by atoms with E-state index in [4.69, 9.17) is 5.73 Å². The quantitative estimate of drug-likeness (QED) is 0.179. The summed E-state index contributed by atoms with van der Waals surface area (Å²) in [6.07, 6.45) is 3.65. The maximum atomic E-state index is 12.9. The van der Waals surface area contributed by atoms with Crippen LogP contribution in [0.3, 0.4) is 0 Å². The number of rotatable bonds is 12. The van der Waals surface area contributed by atoms with E-state index in [2.05, 4.69) is 31.2 Å². The number of nitrogens with zero attached hydrogens (tertiary/aromatic N) is 1. The van der Waals surface area contributed by atoms with Gasteiger partial charge in [0.15, 0.2) is 0 Å². The molecule has 1 aliphatic rings. The molecule has 1 fully saturated rings. The number of hydrogen-bond acceptors (Lipinski definition) is 7. The highest BCUT2D eigenvalue weighted by Gasteiger charge is 2.33. The van der Waals surface area contributed by atoms with E-state index in [0.29, 0.717) is 18.7 Å². The average Bonchev–Trinajstić information content (AvgIpc) is 3.44. The van der Waals surface area contributed by atoms with E-state index in [1.807, 2.05) is 0 Å². The van der Waals surface area contributed by atoms with Crippen LogP contribution in [0.4, 0.5) is 0 Å². The molecule has 13 nitrogen and oxygen atoms in total. The minimum absolute atomic E-state index is 0.0859. The van der Waals surface area contributed by atoms with Gasteiger partial charge in [-0.2, -0.15) is 0 Å². The van der Waals surface area contributed by atoms with Gasteiger partial charge in [0.2, 0.25) is 23.6 Å². The van der Waals surface area contributed by atoms with Gasteiger partial charge in [0.25, 0.3) is 0 Å². The Bertz CT molecular complexity index is 851. The molecule has 1 aromatic heterocycles. The molecule has 0 bridgehead atoms. The summed E-state index contributed by atoms with van der Waals surface area (Å²) in [5, 5.41) is 19.9. The highest BCUT2D eigenvalue weighted by Crippen LogP contribution is 2.09. The average molecular weight is 466 g/mol. The number of carbonyl (C=O) groups excluding carboxylic acids is 4. The van der Waals surface area contributed by atoms with Crippen LogP contribution in [0.1, 0.15) is 38.8 Å². The topological polar surface area (TPSA) is 208 Å². The molecule has 0 saturated carbocycles. The van der Waals surface area contributed by atoms with Crippen LogP contribution >= 0.6 is 0 Å². The van der Waals surface area contributed by atoms with Gasteiger partial charge >= 0.3 is 5.97 Å². The van der Waals surface area contributed by atoms with Gasteiger partial charge < -0.3 is 37.1 Å². The number of amides is 4. The van der Waals surface area contributed by atoms with Gasteiger partial charge in [-0.05, 0) is 25.3 Å². The SMILES string of the molecule is CC(C)C(NC(=O)C1CCCN1)C(=O)NC(CC(N)=O)C(=O)NC(Cc1cnc[nH]1)C(=O)O. The number of imidazole rings is 1. The predicted molar refractivity (Wildman–Crippen MR) is 115 cm³/mol.